The number of rotatable bonds is 11. The Hall–Kier alpha value is -3.10. The summed E-state index contributed by atoms with van der Waals surface area (Å²) in [7, 11) is -2.82. The normalized spacial score (nSPS) is 22.8. The number of hydrogen-bond donors (Lipinski definition) is 2. The van der Waals surface area contributed by atoms with E-state index in [0.717, 1.165) is 11.1 Å². The SMILES string of the molecule is CC(C)(C)[Si](OC[C@H]1C[C@H](O)[C@@H](O)[C@@H](OCc2ccccc2)[C@@H]1OCc1ccccc1)(c1ccccc1)c1ccccc1. The summed E-state index contributed by atoms with van der Waals surface area (Å²) in [5.41, 5.74) is 2.04. The summed E-state index contributed by atoms with van der Waals surface area (Å²) in [4.78, 5) is 0. The van der Waals surface area contributed by atoms with Crippen molar-refractivity contribution in [3.8, 4) is 0 Å². The van der Waals surface area contributed by atoms with Crippen molar-refractivity contribution in [1.29, 1.82) is 0 Å². The van der Waals surface area contributed by atoms with Crippen LogP contribution in [0.5, 0.6) is 0 Å². The van der Waals surface area contributed by atoms with E-state index in [9.17, 15) is 10.2 Å². The van der Waals surface area contributed by atoms with Crippen LogP contribution in [0, 0.1) is 5.92 Å². The van der Waals surface area contributed by atoms with Crippen molar-refractivity contribution >= 4 is 18.7 Å². The average Bonchev–Trinajstić information content (AvgIpc) is 3.03. The molecule has 0 radical (unpaired) electrons. The van der Waals surface area contributed by atoms with E-state index in [1.54, 1.807) is 0 Å². The maximum Gasteiger partial charge on any atom is 0.261 e. The first-order chi connectivity index (χ1) is 20.8. The van der Waals surface area contributed by atoms with Gasteiger partial charge in [-0.15, -0.1) is 0 Å². The summed E-state index contributed by atoms with van der Waals surface area (Å²) in [5.74, 6) is -0.204. The highest BCUT2D eigenvalue weighted by molar-refractivity contribution is 6.99. The first kappa shape index (κ1) is 31.3. The fourth-order valence-corrected chi connectivity index (χ4v) is 11.0. The van der Waals surface area contributed by atoms with Gasteiger partial charge in [-0.2, -0.15) is 0 Å². The molecule has 4 aromatic carbocycles. The molecule has 226 valence electrons. The van der Waals surface area contributed by atoms with E-state index < -0.39 is 32.7 Å². The Morgan fingerprint density at radius 2 is 1.05 bits per heavy atom. The minimum Gasteiger partial charge on any atom is -0.407 e. The van der Waals surface area contributed by atoms with Crippen LogP contribution in [0.3, 0.4) is 0 Å². The van der Waals surface area contributed by atoms with Crippen molar-refractivity contribution in [2.75, 3.05) is 6.61 Å². The standard InChI is InChI=1S/C37H44O5Si/c1-37(2,3)43(31-20-12-6-13-21-31,32-22-14-7-15-23-32)42-27-30-24-33(38)34(39)36(41-26-29-18-10-5-11-19-29)35(30)40-25-28-16-8-4-9-17-28/h4-23,30,33-36,38-39H,24-27H2,1-3H3/t30-,33+,34-,35-,36-/m1/s1. The molecule has 0 bridgehead atoms. The first-order valence-corrected chi connectivity index (χ1v) is 17.1. The zero-order valence-corrected chi connectivity index (χ0v) is 26.4. The number of benzene rings is 4. The van der Waals surface area contributed by atoms with Crippen LogP contribution in [0.1, 0.15) is 38.3 Å². The molecule has 43 heavy (non-hydrogen) atoms. The molecule has 0 spiro atoms. The Balaban J connectivity index is 1.48. The molecular weight excluding hydrogens is 552 g/mol. The van der Waals surface area contributed by atoms with Crippen molar-refractivity contribution < 1.29 is 24.1 Å². The predicted octanol–water partition coefficient (Wildman–Crippen LogP) is 5.48. The minimum absolute atomic E-state index is 0.188. The Labute approximate surface area is 257 Å². The zero-order chi connectivity index (χ0) is 30.3. The van der Waals surface area contributed by atoms with Crippen LogP contribution in [0.4, 0.5) is 0 Å². The average molecular weight is 597 g/mol. The van der Waals surface area contributed by atoms with Gasteiger partial charge in [-0.25, -0.2) is 0 Å². The summed E-state index contributed by atoms with van der Waals surface area (Å²) in [6.07, 6.45) is -2.89. The smallest absolute Gasteiger partial charge is 0.261 e. The molecule has 4 aromatic rings. The molecule has 6 heteroatoms. The third-order valence-electron chi connectivity index (χ3n) is 8.56. The highest BCUT2D eigenvalue weighted by Gasteiger charge is 2.52. The van der Waals surface area contributed by atoms with Gasteiger partial charge in [0.2, 0.25) is 0 Å². The molecule has 0 aromatic heterocycles. The van der Waals surface area contributed by atoms with Crippen LogP contribution < -0.4 is 10.4 Å². The van der Waals surface area contributed by atoms with Gasteiger partial charge in [0, 0.05) is 12.5 Å². The van der Waals surface area contributed by atoms with Crippen LogP contribution >= 0.6 is 0 Å². The van der Waals surface area contributed by atoms with E-state index >= 15 is 0 Å². The van der Waals surface area contributed by atoms with Gasteiger partial charge in [-0.1, -0.05) is 142 Å². The topological polar surface area (TPSA) is 68.2 Å². The molecule has 1 saturated carbocycles. The molecule has 1 aliphatic carbocycles. The molecule has 5 atom stereocenters. The minimum atomic E-state index is -2.82. The monoisotopic (exact) mass is 596 g/mol. The van der Waals surface area contributed by atoms with Crippen molar-refractivity contribution in [2.45, 2.75) is 69.9 Å². The van der Waals surface area contributed by atoms with Gasteiger partial charge in [0.1, 0.15) is 12.2 Å². The van der Waals surface area contributed by atoms with E-state index in [1.807, 2.05) is 72.8 Å². The molecule has 1 aliphatic rings. The molecule has 0 amide bonds. The van der Waals surface area contributed by atoms with Crippen LogP contribution in [0.25, 0.3) is 0 Å². The third kappa shape index (κ3) is 7.18. The third-order valence-corrected chi connectivity index (χ3v) is 13.6. The Kier molecular flexibility index (Phi) is 10.3. The van der Waals surface area contributed by atoms with Gasteiger partial charge in [0.25, 0.3) is 8.32 Å². The lowest BCUT2D eigenvalue weighted by Gasteiger charge is -2.47. The molecule has 0 saturated heterocycles. The summed E-state index contributed by atoms with van der Waals surface area (Å²) in [5, 5.41) is 24.5. The van der Waals surface area contributed by atoms with E-state index in [-0.39, 0.29) is 11.0 Å². The summed E-state index contributed by atoms with van der Waals surface area (Å²) in [6, 6.07) is 41.0. The Morgan fingerprint density at radius 1 is 0.628 bits per heavy atom. The lowest BCUT2D eigenvalue weighted by atomic mass is 9.81. The maximum atomic E-state index is 11.2. The molecule has 0 aliphatic heterocycles. The van der Waals surface area contributed by atoms with Crippen LogP contribution in [0.2, 0.25) is 5.04 Å². The van der Waals surface area contributed by atoms with Gasteiger partial charge in [-0.05, 0) is 33.0 Å². The van der Waals surface area contributed by atoms with Crippen molar-refractivity contribution in [3.05, 3.63) is 132 Å². The van der Waals surface area contributed by atoms with Gasteiger partial charge in [-0.3, -0.25) is 0 Å². The van der Waals surface area contributed by atoms with Crippen molar-refractivity contribution in [3.63, 3.8) is 0 Å². The van der Waals surface area contributed by atoms with Crippen LogP contribution in [-0.2, 0) is 27.1 Å². The van der Waals surface area contributed by atoms with Gasteiger partial charge in [0.15, 0.2) is 0 Å². The van der Waals surface area contributed by atoms with E-state index in [4.69, 9.17) is 13.9 Å². The highest BCUT2D eigenvalue weighted by atomic mass is 28.4. The molecule has 1 fully saturated rings. The fourth-order valence-electron chi connectivity index (χ4n) is 6.38. The Morgan fingerprint density at radius 3 is 1.49 bits per heavy atom. The molecular formula is C37H44O5Si. The van der Waals surface area contributed by atoms with E-state index in [0.29, 0.717) is 26.2 Å². The highest BCUT2D eigenvalue weighted by Crippen LogP contribution is 2.39. The number of ether oxygens (including phenoxy) is 2. The number of hydrogen-bond acceptors (Lipinski definition) is 5. The zero-order valence-electron chi connectivity index (χ0n) is 25.4. The quantitative estimate of drug-likeness (QED) is 0.225. The number of aliphatic hydroxyl groups is 2. The Bertz CT molecular complexity index is 1340. The van der Waals surface area contributed by atoms with Crippen LogP contribution in [-0.4, -0.2) is 49.6 Å². The van der Waals surface area contributed by atoms with Crippen molar-refractivity contribution in [1.82, 2.24) is 0 Å². The van der Waals surface area contributed by atoms with Crippen molar-refractivity contribution in [2.24, 2.45) is 5.92 Å². The second-order valence-electron chi connectivity index (χ2n) is 12.6. The molecule has 5 rings (SSSR count). The van der Waals surface area contributed by atoms with E-state index in [2.05, 4.69) is 69.3 Å². The lowest BCUT2D eigenvalue weighted by Crippen LogP contribution is -2.67. The molecule has 0 unspecified atom stereocenters. The maximum absolute atomic E-state index is 11.2. The van der Waals surface area contributed by atoms with Gasteiger partial charge in [0.05, 0.1) is 25.4 Å². The van der Waals surface area contributed by atoms with Gasteiger partial charge >= 0.3 is 0 Å². The molecule has 0 heterocycles. The summed E-state index contributed by atoms with van der Waals surface area (Å²) < 4.78 is 20.3. The second-order valence-corrected chi connectivity index (χ2v) is 16.9. The predicted molar refractivity (Wildman–Crippen MR) is 174 cm³/mol. The molecule has 5 nitrogen and oxygen atoms in total. The summed E-state index contributed by atoms with van der Waals surface area (Å²) >= 11 is 0. The van der Waals surface area contributed by atoms with Gasteiger partial charge < -0.3 is 24.1 Å². The largest absolute Gasteiger partial charge is 0.407 e. The van der Waals surface area contributed by atoms with E-state index in [1.165, 1.54) is 10.4 Å². The summed E-state index contributed by atoms with van der Waals surface area (Å²) in [6.45, 7) is 7.81. The lowest BCUT2D eigenvalue weighted by molar-refractivity contribution is -0.205. The molecule has 2 N–H and O–H groups in total. The first-order valence-electron chi connectivity index (χ1n) is 15.2. The second kappa shape index (κ2) is 14.1. The van der Waals surface area contributed by atoms with Crippen LogP contribution in [0.15, 0.2) is 121 Å². The fraction of sp³-hybridized carbons (Fsp3) is 0.351. The number of aliphatic hydroxyl groups excluding tert-OH is 2.